The number of nitrogens with one attached hydrogen (secondary N) is 1. The van der Waals surface area contributed by atoms with Crippen LogP contribution in [0.5, 0.6) is 0 Å². The second-order valence-electron chi connectivity index (χ2n) is 4.52. The van der Waals surface area contributed by atoms with Crippen LogP contribution in [0.3, 0.4) is 0 Å². The maximum atomic E-state index is 11.7. The van der Waals surface area contributed by atoms with Crippen molar-refractivity contribution in [3.8, 4) is 0 Å². The van der Waals surface area contributed by atoms with Gasteiger partial charge in [0.15, 0.2) is 0 Å². The SMILES string of the molecule is COC1CC(NC(=O)C(C)(C)CCl)C1. The summed E-state index contributed by atoms with van der Waals surface area (Å²) in [6, 6.07) is 0.273. The molecule has 0 aromatic rings. The van der Waals surface area contributed by atoms with E-state index in [-0.39, 0.29) is 11.9 Å². The molecule has 4 heteroatoms. The van der Waals surface area contributed by atoms with E-state index in [1.807, 2.05) is 13.8 Å². The van der Waals surface area contributed by atoms with Crippen molar-refractivity contribution < 1.29 is 9.53 Å². The molecule has 82 valence electrons. The van der Waals surface area contributed by atoms with E-state index in [2.05, 4.69) is 5.32 Å². The number of carbonyl (C=O) groups is 1. The van der Waals surface area contributed by atoms with Crippen LogP contribution in [0.25, 0.3) is 0 Å². The number of hydrogen-bond acceptors (Lipinski definition) is 2. The molecule has 0 bridgehead atoms. The second kappa shape index (κ2) is 4.49. The molecular formula is C10H18ClNO2. The van der Waals surface area contributed by atoms with E-state index in [1.54, 1.807) is 7.11 Å². The minimum atomic E-state index is -0.473. The molecule has 0 spiro atoms. The molecule has 1 fully saturated rings. The van der Waals surface area contributed by atoms with Crippen molar-refractivity contribution in [3.05, 3.63) is 0 Å². The van der Waals surface area contributed by atoms with Gasteiger partial charge < -0.3 is 10.1 Å². The fourth-order valence-corrected chi connectivity index (χ4v) is 1.44. The topological polar surface area (TPSA) is 38.3 Å². The van der Waals surface area contributed by atoms with Crippen molar-refractivity contribution in [1.29, 1.82) is 0 Å². The average Bonchev–Trinajstić information content (AvgIpc) is 2.09. The molecule has 1 saturated carbocycles. The number of methoxy groups -OCH3 is 1. The first-order chi connectivity index (χ1) is 6.49. The summed E-state index contributed by atoms with van der Waals surface area (Å²) in [4.78, 5) is 11.7. The van der Waals surface area contributed by atoms with Crippen LogP contribution in [0.4, 0.5) is 0 Å². The third kappa shape index (κ3) is 2.61. The molecule has 0 saturated heterocycles. The predicted molar refractivity (Wildman–Crippen MR) is 56.5 cm³/mol. The lowest BCUT2D eigenvalue weighted by molar-refractivity contribution is -0.130. The van der Waals surface area contributed by atoms with Gasteiger partial charge >= 0.3 is 0 Å². The van der Waals surface area contributed by atoms with E-state index in [4.69, 9.17) is 16.3 Å². The van der Waals surface area contributed by atoms with Gasteiger partial charge in [-0.25, -0.2) is 0 Å². The summed E-state index contributed by atoms with van der Waals surface area (Å²) in [7, 11) is 1.70. The monoisotopic (exact) mass is 219 g/mol. The van der Waals surface area contributed by atoms with Crippen molar-refractivity contribution in [2.45, 2.75) is 38.8 Å². The Kier molecular flexibility index (Phi) is 3.78. The number of alkyl halides is 1. The molecule has 14 heavy (non-hydrogen) atoms. The Hall–Kier alpha value is -0.280. The number of carbonyl (C=O) groups excluding carboxylic acids is 1. The highest BCUT2D eigenvalue weighted by atomic mass is 35.5. The summed E-state index contributed by atoms with van der Waals surface area (Å²) in [5.41, 5.74) is -0.473. The van der Waals surface area contributed by atoms with Crippen molar-refractivity contribution >= 4 is 17.5 Å². The Morgan fingerprint density at radius 2 is 2.14 bits per heavy atom. The van der Waals surface area contributed by atoms with Gasteiger partial charge in [0.2, 0.25) is 5.91 Å². The van der Waals surface area contributed by atoms with Crippen molar-refractivity contribution in [2.24, 2.45) is 5.41 Å². The van der Waals surface area contributed by atoms with Gasteiger partial charge in [-0.1, -0.05) is 0 Å². The lowest BCUT2D eigenvalue weighted by Gasteiger charge is -2.36. The van der Waals surface area contributed by atoms with E-state index in [9.17, 15) is 4.79 Å². The molecule has 3 nitrogen and oxygen atoms in total. The highest BCUT2D eigenvalue weighted by Crippen LogP contribution is 2.25. The van der Waals surface area contributed by atoms with Crippen LogP contribution < -0.4 is 5.32 Å². The standard InChI is InChI=1S/C10H18ClNO2/c1-10(2,6-11)9(13)12-7-4-8(5-7)14-3/h7-8H,4-6H2,1-3H3,(H,12,13). The van der Waals surface area contributed by atoms with E-state index in [1.165, 1.54) is 0 Å². The molecule has 0 radical (unpaired) electrons. The minimum Gasteiger partial charge on any atom is -0.381 e. The summed E-state index contributed by atoms with van der Waals surface area (Å²) < 4.78 is 5.13. The quantitative estimate of drug-likeness (QED) is 0.729. The molecule has 0 aromatic heterocycles. The van der Waals surface area contributed by atoms with Gasteiger partial charge in [-0.05, 0) is 26.7 Å². The third-order valence-electron chi connectivity index (χ3n) is 2.71. The van der Waals surface area contributed by atoms with Crippen LogP contribution in [-0.2, 0) is 9.53 Å². The Labute approximate surface area is 90.1 Å². The fourth-order valence-electron chi connectivity index (χ4n) is 1.32. The molecule has 1 aliphatic carbocycles. The number of ether oxygens (including phenoxy) is 1. The summed E-state index contributed by atoms with van der Waals surface area (Å²) in [6.07, 6.45) is 2.15. The van der Waals surface area contributed by atoms with Crippen molar-refractivity contribution in [2.75, 3.05) is 13.0 Å². The summed E-state index contributed by atoms with van der Waals surface area (Å²) >= 11 is 5.70. The van der Waals surface area contributed by atoms with Gasteiger partial charge in [0, 0.05) is 19.0 Å². The molecule has 0 aromatic carbocycles. The highest BCUT2D eigenvalue weighted by Gasteiger charge is 2.34. The predicted octanol–water partition coefficient (Wildman–Crippen LogP) is 1.54. The molecule has 0 aliphatic heterocycles. The molecule has 1 rings (SSSR count). The van der Waals surface area contributed by atoms with Crippen LogP contribution >= 0.6 is 11.6 Å². The van der Waals surface area contributed by atoms with Crippen LogP contribution in [0, 0.1) is 5.41 Å². The second-order valence-corrected chi connectivity index (χ2v) is 4.78. The van der Waals surface area contributed by atoms with Crippen molar-refractivity contribution in [3.63, 3.8) is 0 Å². The molecule has 0 unspecified atom stereocenters. The maximum Gasteiger partial charge on any atom is 0.227 e. The lowest BCUT2D eigenvalue weighted by Crippen LogP contribution is -2.51. The smallest absolute Gasteiger partial charge is 0.227 e. The molecule has 0 atom stereocenters. The van der Waals surface area contributed by atoms with Gasteiger partial charge in [0.05, 0.1) is 11.5 Å². The van der Waals surface area contributed by atoms with Gasteiger partial charge in [-0.15, -0.1) is 11.6 Å². The number of rotatable bonds is 4. The zero-order valence-corrected chi connectivity index (χ0v) is 9.73. The van der Waals surface area contributed by atoms with Gasteiger partial charge in [-0.3, -0.25) is 4.79 Å². The van der Waals surface area contributed by atoms with Crippen LogP contribution in [0.15, 0.2) is 0 Å². The van der Waals surface area contributed by atoms with E-state index in [0.717, 1.165) is 12.8 Å². The van der Waals surface area contributed by atoms with Gasteiger partial charge in [0.25, 0.3) is 0 Å². The normalized spacial score (nSPS) is 26.9. The van der Waals surface area contributed by atoms with E-state index < -0.39 is 5.41 Å². The van der Waals surface area contributed by atoms with Crippen LogP contribution in [0.2, 0.25) is 0 Å². The Balaban J connectivity index is 2.29. The summed E-state index contributed by atoms with van der Waals surface area (Å²) in [5.74, 6) is 0.381. The first kappa shape index (κ1) is 11.8. The molecule has 1 aliphatic rings. The molecule has 0 heterocycles. The summed E-state index contributed by atoms with van der Waals surface area (Å²) in [5, 5.41) is 2.97. The van der Waals surface area contributed by atoms with Crippen molar-refractivity contribution in [1.82, 2.24) is 5.32 Å². The first-order valence-electron chi connectivity index (χ1n) is 4.89. The van der Waals surface area contributed by atoms with Crippen LogP contribution in [0.1, 0.15) is 26.7 Å². The average molecular weight is 220 g/mol. The number of halogens is 1. The first-order valence-corrected chi connectivity index (χ1v) is 5.43. The minimum absolute atomic E-state index is 0.0343. The summed E-state index contributed by atoms with van der Waals surface area (Å²) in [6.45, 7) is 3.70. The largest absolute Gasteiger partial charge is 0.381 e. The highest BCUT2D eigenvalue weighted by molar-refractivity contribution is 6.19. The fraction of sp³-hybridized carbons (Fsp3) is 0.900. The Bertz CT molecular complexity index is 212. The number of hydrogen-bond donors (Lipinski definition) is 1. The zero-order chi connectivity index (χ0) is 10.8. The van der Waals surface area contributed by atoms with E-state index in [0.29, 0.717) is 12.0 Å². The molecular weight excluding hydrogens is 202 g/mol. The Morgan fingerprint density at radius 1 is 1.57 bits per heavy atom. The Morgan fingerprint density at radius 3 is 2.57 bits per heavy atom. The lowest BCUT2D eigenvalue weighted by atomic mass is 9.87. The maximum absolute atomic E-state index is 11.7. The molecule has 1 N–H and O–H groups in total. The van der Waals surface area contributed by atoms with Crippen LogP contribution in [-0.4, -0.2) is 31.0 Å². The van der Waals surface area contributed by atoms with Gasteiger partial charge in [0.1, 0.15) is 0 Å². The molecule has 1 amide bonds. The number of amides is 1. The van der Waals surface area contributed by atoms with E-state index >= 15 is 0 Å². The van der Waals surface area contributed by atoms with Gasteiger partial charge in [-0.2, -0.15) is 0 Å². The zero-order valence-electron chi connectivity index (χ0n) is 8.97. The third-order valence-corrected chi connectivity index (χ3v) is 3.38.